The lowest BCUT2D eigenvalue weighted by atomic mass is 10.1. The summed E-state index contributed by atoms with van der Waals surface area (Å²) in [6, 6.07) is 14.4. The van der Waals surface area contributed by atoms with E-state index in [1.165, 1.54) is 18.3 Å². The van der Waals surface area contributed by atoms with Crippen molar-refractivity contribution >= 4 is 22.8 Å². The molecule has 5 rings (SSSR count). The normalized spacial score (nSPS) is 13.7. The summed E-state index contributed by atoms with van der Waals surface area (Å²) < 4.78 is 38.8. The standard InChI is InChI=1S/C23H13F3N4O2/c24-23(25,26)14-9-7-13(8-10-14)19-20-17(6-3-11-27-20)28-18(29-19)12-30-21(31)15-4-1-2-5-16(15)22(30)32/h1-11H,12H2. The lowest BCUT2D eigenvalue weighted by Gasteiger charge is -2.14. The molecule has 9 heteroatoms. The van der Waals surface area contributed by atoms with E-state index in [4.69, 9.17) is 0 Å². The fraction of sp³-hybridized carbons (Fsp3) is 0.0870. The number of amides is 2. The predicted molar refractivity (Wildman–Crippen MR) is 108 cm³/mol. The van der Waals surface area contributed by atoms with Crippen LogP contribution >= 0.6 is 0 Å². The highest BCUT2D eigenvalue weighted by molar-refractivity contribution is 6.21. The van der Waals surface area contributed by atoms with Crippen molar-refractivity contribution in [3.05, 3.63) is 89.4 Å². The van der Waals surface area contributed by atoms with Crippen molar-refractivity contribution in [3.63, 3.8) is 0 Å². The van der Waals surface area contributed by atoms with Crippen molar-refractivity contribution in [1.82, 2.24) is 19.9 Å². The molecule has 0 fully saturated rings. The van der Waals surface area contributed by atoms with Crippen LogP contribution in [0.5, 0.6) is 0 Å². The molecule has 4 aromatic rings. The van der Waals surface area contributed by atoms with E-state index in [0.717, 1.165) is 17.0 Å². The number of carbonyl (C=O) groups excluding carboxylic acids is 2. The average Bonchev–Trinajstić information content (AvgIpc) is 3.03. The van der Waals surface area contributed by atoms with Crippen LogP contribution in [0.4, 0.5) is 13.2 Å². The molecule has 3 heterocycles. The third-order valence-electron chi connectivity index (χ3n) is 5.16. The lowest BCUT2D eigenvalue weighted by Crippen LogP contribution is -2.30. The average molecular weight is 434 g/mol. The molecular formula is C23H13F3N4O2. The van der Waals surface area contributed by atoms with E-state index >= 15 is 0 Å². The predicted octanol–water partition coefficient (Wildman–Crippen LogP) is 4.51. The Morgan fingerprint density at radius 3 is 2.09 bits per heavy atom. The summed E-state index contributed by atoms with van der Waals surface area (Å²) >= 11 is 0. The number of nitrogens with zero attached hydrogens (tertiary/aromatic N) is 4. The maximum Gasteiger partial charge on any atom is 0.416 e. The Morgan fingerprint density at radius 1 is 0.812 bits per heavy atom. The molecule has 0 atom stereocenters. The Morgan fingerprint density at radius 2 is 1.47 bits per heavy atom. The maximum atomic E-state index is 12.9. The number of hydrogen-bond acceptors (Lipinski definition) is 5. The van der Waals surface area contributed by atoms with Crippen LogP contribution in [0.3, 0.4) is 0 Å². The van der Waals surface area contributed by atoms with Crippen LogP contribution in [0.15, 0.2) is 66.9 Å². The summed E-state index contributed by atoms with van der Waals surface area (Å²) in [7, 11) is 0. The van der Waals surface area contributed by atoms with Gasteiger partial charge in [0.25, 0.3) is 11.8 Å². The molecular weight excluding hydrogens is 421 g/mol. The van der Waals surface area contributed by atoms with Gasteiger partial charge in [-0.2, -0.15) is 13.2 Å². The number of benzene rings is 2. The van der Waals surface area contributed by atoms with Crippen LogP contribution in [0, 0.1) is 0 Å². The van der Waals surface area contributed by atoms with Crippen LogP contribution in [-0.2, 0) is 12.7 Å². The molecule has 0 saturated carbocycles. The van der Waals surface area contributed by atoms with Crippen molar-refractivity contribution in [3.8, 4) is 11.3 Å². The van der Waals surface area contributed by atoms with Crippen molar-refractivity contribution in [1.29, 1.82) is 0 Å². The number of carbonyl (C=O) groups is 2. The Bertz CT molecular complexity index is 1350. The Balaban J connectivity index is 1.56. The van der Waals surface area contributed by atoms with Gasteiger partial charge in [-0.3, -0.25) is 19.5 Å². The van der Waals surface area contributed by atoms with E-state index in [-0.39, 0.29) is 12.4 Å². The van der Waals surface area contributed by atoms with E-state index in [0.29, 0.717) is 33.4 Å². The molecule has 1 aliphatic heterocycles. The molecule has 6 nitrogen and oxygen atoms in total. The van der Waals surface area contributed by atoms with Gasteiger partial charge >= 0.3 is 6.18 Å². The van der Waals surface area contributed by atoms with Crippen molar-refractivity contribution in [2.75, 3.05) is 0 Å². The molecule has 1 aliphatic rings. The molecule has 2 aromatic carbocycles. The SMILES string of the molecule is O=C1c2ccccc2C(=O)N1Cc1nc(-c2ccc(C(F)(F)F)cc2)c2ncccc2n1. The third-order valence-corrected chi connectivity index (χ3v) is 5.16. The first-order valence-electron chi connectivity index (χ1n) is 9.57. The Labute approximate surface area is 179 Å². The molecule has 32 heavy (non-hydrogen) atoms. The first-order valence-corrected chi connectivity index (χ1v) is 9.57. The van der Waals surface area contributed by atoms with Crippen LogP contribution in [0.1, 0.15) is 32.1 Å². The van der Waals surface area contributed by atoms with Gasteiger partial charge in [0.2, 0.25) is 0 Å². The number of aromatic nitrogens is 3. The summed E-state index contributed by atoms with van der Waals surface area (Å²) in [6.45, 7) is -0.176. The van der Waals surface area contributed by atoms with Gasteiger partial charge in [0.1, 0.15) is 17.0 Å². The molecule has 0 radical (unpaired) electrons. The molecule has 0 bridgehead atoms. The number of alkyl halides is 3. The molecule has 2 aromatic heterocycles. The third kappa shape index (κ3) is 3.27. The zero-order valence-corrected chi connectivity index (χ0v) is 16.3. The molecule has 2 amide bonds. The number of halogens is 3. The van der Waals surface area contributed by atoms with Crippen molar-refractivity contribution in [2.45, 2.75) is 12.7 Å². The van der Waals surface area contributed by atoms with Crippen LogP contribution in [0.2, 0.25) is 0 Å². The highest BCUT2D eigenvalue weighted by atomic mass is 19.4. The molecule has 0 N–H and O–H groups in total. The molecule has 0 spiro atoms. The summed E-state index contributed by atoms with van der Waals surface area (Å²) in [5.74, 6) is -0.719. The summed E-state index contributed by atoms with van der Waals surface area (Å²) in [6.07, 6.45) is -2.93. The highest BCUT2D eigenvalue weighted by Gasteiger charge is 2.36. The fourth-order valence-electron chi connectivity index (χ4n) is 3.63. The van der Waals surface area contributed by atoms with Crippen molar-refractivity contribution < 1.29 is 22.8 Å². The second-order valence-electron chi connectivity index (χ2n) is 7.18. The minimum atomic E-state index is -4.46. The Kier molecular flexibility index (Phi) is 4.47. The first kappa shape index (κ1) is 19.8. The number of imide groups is 1. The number of pyridine rings is 1. The first-order chi connectivity index (χ1) is 15.3. The van der Waals surface area contributed by atoms with E-state index in [9.17, 15) is 22.8 Å². The minimum absolute atomic E-state index is 0.176. The van der Waals surface area contributed by atoms with E-state index in [2.05, 4.69) is 15.0 Å². The van der Waals surface area contributed by atoms with Gasteiger partial charge in [0, 0.05) is 11.8 Å². The summed E-state index contributed by atoms with van der Waals surface area (Å²) in [5.41, 5.74) is 1.41. The van der Waals surface area contributed by atoms with Gasteiger partial charge in [-0.25, -0.2) is 9.97 Å². The topological polar surface area (TPSA) is 76.1 Å². The quantitative estimate of drug-likeness (QED) is 0.444. The van der Waals surface area contributed by atoms with Crippen LogP contribution in [-0.4, -0.2) is 31.7 Å². The molecule has 158 valence electrons. The fourth-order valence-corrected chi connectivity index (χ4v) is 3.63. The monoisotopic (exact) mass is 434 g/mol. The van der Waals surface area contributed by atoms with Gasteiger partial charge in [0.05, 0.1) is 28.8 Å². The molecule has 0 saturated heterocycles. The highest BCUT2D eigenvalue weighted by Crippen LogP contribution is 2.32. The summed E-state index contributed by atoms with van der Waals surface area (Å²) in [5, 5.41) is 0. The minimum Gasteiger partial charge on any atom is -0.269 e. The second-order valence-corrected chi connectivity index (χ2v) is 7.18. The van der Waals surface area contributed by atoms with Gasteiger partial charge in [-0.15, -0.1) is 0 Å². The maximum absolute atomic E-state index is 12.9. The van der Waals surface area contributed by atoms with Gasteiger partial charge in [-0.1, -0.05) is 24.3 Å². The van der Waals surface area contributed by atoms with Gasteiger partial charge in [0.15, 0.2) is 0 Å². The van der Waals surface area contributed by atoms with Crippen LogP contribution in [0.25, 0.3) is 22.3 Å². The number of hydrogen-bond donors (Lipinski definition) is 0. The molecule has 0 unspecified atom stereocenters. The molecule has 0 aliphatic carbocycles. The smallest absolute Gasteiger partial charge is 0.269 e. The second kappa shape index (κ2) is 7.23. The number of fused-ring (bicyclic) bond motifs is 2. The largest absolute Gasteiger partial charge is 0.416 e. The van der Waals surface area contributed by atoms with E-state index < -0.39 is 23.6 Å². The Hall–Kier alpha value is -4.14. The van der Waals surface area contributed by atoms with E-state index in [1.54, 1.807) is 36.4 Å². The number of rotatable bonds is 3. The van der Waals surface area contributed by atoms with Gasteiger partial charge in [-0.05, 0) is 36.4 Å². The zero-order chi connectivity index (χ0) is 22.5. The van der Waals surface area contributed by atoms with Gasteiger partial charge < -0.3 is 0 Å². The van der Waals surface area contributed by atoms with Crippen LogP contribution < -0.4 is 0 Å². The summed E-state index contributed by atoms with van der Waals surface area (Å²) in [4.78, 5) is 39.6. The van der Waals surface area contributed by atoms with Crippen molar-refractivity contribution in [2.24, 2.45) is 0 Å². The zero-order valence-electron chi connectivity index (χ0n) is 16.3. The lowest BCUT2D eigenvalue weighted by molar-refractivity contribution is -0.137. The van der Waals surface area contributed by atoms with E-state index in [1.807, 2.05) is 0 Å².